The maximum absolute atomic E-state index is 14.5. The number of halogens is 2. The zero-order chi connectivity index (χ0) is 20.0. The van der Waals surface area contributed by atoms with E-state index in [2.05, 4.69) is 20.1 Å². The zero-order valence-corrected chi connectivity index (χ0v) is 16.6. The first-order valence-corrected chi connectivity index (χ1v) is 10.6. The number of benzene rings is 1. The van der Waals surface area contributed by atoms with Crippen molar-refractivity contribution in [1.82, 2.24) is 24.8 Å². The number of nitrogens with zero attached hydrogens (tertiary/aromatic N) is 5. The summed E-state index contributed by atoms with van der Waals surface area (Å²) in [6.45, 7) is 4.00. The highest BCUT2D eigenvalue weighted by Crippen LogP contribution is 2.32. The van der Waals surface area contributed by atoms with Crippen LogP contribution in [0.3, 0.4) is 0 Å². The predicted octanol–water partition coefficient (Wildman–Crippen LogP) is 4.37. The fourth-order valence-electron chi connectivity index (χ4n) is 4.87. The van der Waals surface area contributed by atoms with E-state index in [4.69, 9.17) is 4.52 Å². The molecule has 2 aromatic heterocycles. The van der Waals surface area contributed by atoms with Crippen molar-refractivity contribution >= 4 is 10.9 Å². The molecule has 1 aromatic carbocycles. The van der Waals surface area contributed by atoms with Crippen LogP contribution in [0, 0.1) is 11.6 Å². The van der Waals surface area contributed by atoms with Crippen LogP contribution >= 0.6 is 0 Å². The third kappa shape index (κ3) is 3.23. The fraction of sp³-hybridized carbons (Fsp3) is 0.571. The van der Waals surface area contributed by atoms with E-state index in [0.717, 1.165) is 38.0 Å². The molecule has 5 rings (SSSR count). The van der Waals surface area contributed by atoms with Gasteiger partial charge in [0.15, 0.2) is 11.6 Å². The summed E-state index contributed by atoms with van der Waals surface area (Å²) in [6.07, 6.45) is 7.84. The van der Waals surface area contributed by atoms with Gasteiger partial charge < -0.3 is 9.42 Å². The number of aromatic nitrogens is 4. The Morgan fingerprint density at radius 2 is 1.86 bits per heavy atom. The van der Waals surface area contributed by atoms with E-state index in [9.17, 15) is 8.78 Å². The molecule has 8 heteroatoms. The Kier molecular flexibility index (Phi) is 4.81. The summed E-state index contributed by atoms with van der Waals surface area (Å²) in [5.41, 5.74) is 0.736. The second-order valence-corrected chi connectivity index (χ2v) is 8.15. The van der Waals surface area contributed by atoms with Gasteiger partial charge in [0.25, 0.3) is 5.95 Å². The van der Waals surface area contributed by atoms with Crippen LogP contribution in [0.15, 0.2) is 16.7 Å². The van der Waals surface area contributed by atoms with Crippen molar-refractivity contribution in [3.05, 3.63) is 35.4 Å². The molecule has 0 atom stereocenters. The maximum atomic E-state index is 14.5. The van der Waals surface area contributed by atoms with Crippen LogP contribution in [0.25, 0.3) is 16.9 Å². The van der Waals surface area contributed by atoms with Crippen molar-refractivity contribution in [3.8, 4) is 5.95 Å². The standard InChI is InChI=1S/C21H25F2N5O/c1-2-17-15-7-8-16(22)18(23)19(15)28(25-17)21-24-20(29-26-21)13-9-11-27(12-10-13)14-5-3-4-6-14/h7-8,13-14H,2-6,9-12H2,1H3. The molecule has 0 bridgehead atoms. The second-order valence-electron chi connectivity index (χ2n) is 8.15. The molecule has 1 aliphatic heterocycles. The average Bonchev–Trinajstić information content (AvgIpc) is 3.50. The molecule has 1 aliphatic carbocycles. The van der Waals surface area contributed by atoms with E-state index in [1.54, 1.807) is 6.07 Å². The summed E-state index contributed by atoms with van der Waals surface area (Å²) in [5, 5.41) is 9.03. The molecule has 1 saturated carbocycles. The van der Waals surface area contributed by atoms with Gasteiger partial charge >= 0.3 is 0 Å². The fourth-order valence-corrected chi connectivity index (χ4v) is 4.87. The van der Waals surface area contributed by atoms with Crippen molar-refractivity contribution in [2.45, 2.75) is 63.8 Å². The third-order valence-electron chi connectivity index (χ3n) is 6.49. The van der Waals surface area contributed by atoms with Crippen LogP contribution in [0.2, 0.25) is 0 Å². The second kappa shape index (κ2) is 7.48. The Bertz CT molecular complexity index is 1020. The van der Waals surface area contributed by atoms with E-state index < -0.39 is 11.6 Å². The Hall–Kier alpha value is -2.35. The van der Waals surface area contributed by atoms with Crippen molar-refractivity contribution in [1.29, 1.82) is 0 Å². The molecule has 154 valence electrons. The molecule has 2 aliphatic rings. The summed E-state index contributed by atoms with van der Waals surface area (Å²) in [7, 11) is 0. The van der Waals surface area contributed by atoms with Gasteiger partial charge in [-0.3, -0.25) is 0 Å². The molecule has 1 saturated heterocycles. The van der Waals surface area contributed by atoms with Crippen molar-refractivity contribution < 1.29 is 13.3 Å². The van der Waals surface area contributed by atoms with Crippen LogP contribution in [-0.2, 0) is 6.42 Å². The molecule has 0 amide bonds. The van der Waals surface area contributed by atoms with Gasteiger partial charge in [0, 0.05) is 17.3 Å². The Labute approximate surface area is 167 Å². The number of piperidine rings is 1. The predicted molar refractivity (Wildman–Crippen MR) is 104 cm³/mol. The molecular formula is C21H25F2N5O. The van der Waals surface area contributed by atoms with Crippen LogP contribution in [0.5, 0.6) is 0 Å². The van der Waals surface area contributed by atoms with E-state index in [1.165, 1.54) is 30.4 Å². The lowest BCUT2D eigenvalue weighted by Crippen LogP contribution is -2.39. The monoisotopic (exact) mass is 401 g/mol. The number of hydrogen-bond donors (Lipinski definition) is 0. The number of hydrogen-bond acceptors (Lipinski definition) is 5. The Morgan fingerprint density at radius 3 is 2.59 bits per heavy atom. The van der Waals surface area contributed by atoms with Gasteiger partial charge in [-0.05, 0) is 62.5 Å². The minimum absolute atomic E-state index is 0.0604. The molecule has 0 spiro atoms. The normalized spacial score (nSPS) is 19.6. The number of rotatable bonds is 4. The minimum atomic E-state index is -0.939. The van der Waals surface area contributed by atoms with E-state index in [1.807, 2.05) is 6.92 Å². The first-order valence-electron chi connectivity index (χ1n) is 10.6. The van der Waals surface area contributed by atoms with Gasteiger partial charge in [-0.1, -0.05) is 19.8 Å². The van der Waals surface area contributed by atoms with Gasteiger partial charge in [0.05, 0.1) is 5.69 Å². The van der Waals surface area contributed by atoms with E-state index in [-0.39, 0.29) is 17.4 Å². The summed E-state index contributed by atoms with van der Waals surface area (Å²) < 4.78 is 35.1. The van der Waals surface area contributed by atoms with E-state index >= 15 is 0 Å². The van der Waals surface area contributed by atoms with Gasteiger partial charge in [0.2, 0.25) is 5.89 Å². The Balaban J connectivity index is 1.40. The average molecular weight is 401 g/mol. The minimum Gasteiger partial charge on any atom is -0.337 e. The number of aryl methyl sites for hydroxylation is 1. The SMILES string of the molecule is CCc1nn(-c2noc(C3CCN(C4CCCC4)CC3)n2)c2c(F)c(F)ccc12. The van der Waals surface area contributed by atoms with E-state index in [0.29, 0.717) is 23.4 Å². The largest absolute Gasteiger partial charge is 0.337 e. The van der Waals surface area contributed by atoms with Crippen LogP contribution < -0.4 is 0 Å². The third-order valence-corrected chi connectivity index (χ3v) is 6.49. The topological polar surface area (TPSA) is 60.0 Å². The highest BCUT2D eigenvalue weighted by atomic mass is 19.2. The molecule has 0 unspecified atom stereocenters. The van der Waals surface area contributed by atoms with Gasteiger partial charge in [-0.2, -0.15) is 14.8 Å². The molecule has 3 aromatic rings. The van der Waals surface area contributed by atoms with Crippen molar-refractivity contribution in [2.24, 2.45) is 0 Å². The van der Waals surface area contributed by atoms with Crippen molar-refractivity contribution in [3.63, 3.8) is 0 Å². The van der Waals surface area contributed by atoms with Gasteiger partial charge in [-0.15, -0.1) is 0 Å². The molecule has 0 radical (unpaired) electrons. The lowest BCUT2D eigenvalue weighted by molar-refractivity contribution is 0.144. The lowest BCUT2D eigenvalue weighted by atomic mass is 9.95. The van der Waals surface area contributed by atoms with Gasteiger partial charge in [0.1, 0.15) is 5.52 Å². The zero-order valence-electron chi connectivity index (χ0n) is 16.6. The summed E-state index contributed by atoms with van der Waals surface area (Å²) >= 11 is 0. The highest BCUT2D eigenvalue weighted by molar-refractivity contribution is 5.83. The smallest absolute Gasteiger partial charge is 0.291 e. The molecule has 6 nitrogen and oxygen atoms in total. The summed E-state index contributed by atoms with van der Waals surface area (Å²) in [5.74, 6) is -0.935. The lowest BCUT2D eigenvalue weighted by Gasteiger charge is -2.34. The molecule has 29 heavy (non-hydrogen) atoms. The van der Waals surface area contributed by atoms with Crippen LogP contribution in [0.4, 0.5) is 8.78 Å². The maximum Gasteiger partial charge on any atom is 0.291 e. The van der Waals surface area contributed by atoms with Gasteiger partial charge in [-0.25, -0.2) is 8.78 Å². The Morgan fingerprint density at radius 1 is 1.10 bits per heavy atom. The number of fused-ring (bicyclic) bond motifs is 1. The summed E-state index contributed by atoms with van der Waals surface area (Å²) in [4.78, 5) is 7.10. The number of likely N-dealkylation sites (tertiary alicyclic amines) is 1. The quantitative estimate of drug-likeness (QED) is 0.650. The van der Waals surface area contributed by atoms with Crippen molar-refractivity contribution in [2.75, 3.05) is 13.1 Å². The molecule has 3 heterocycles. The first kappa shape index (κ1) is 18.7. The first-order chi connectivity index (χ1) is 14.2. The molecule has 0 N–H and O–H groups in total. The van der Waals surface area contributed by atoms with Crippen LogP contribution in [0.1, 0.15) is 63.0 Å². The highest BCUT2D eigenvalue weighted by Gasteiger charge is 2.30. The molecule has 2 fully saturated rings. The summed E-state index contributed by atoms with van der Waals surface area (Å²) in [6, 6.07) is 3.41. The molecular weight excluding hydrogens is 376 g/mol. The van der Waals surface area contributed by atoms with Crippen LogP contribution in [-0.4, -0.2) is 44.0 Å².